The Morgan fingerprint density at radius 2 is 2.33 bits per heavy atom. The average molecular weight is 316 g/mol. The first-order valence-electron chi connectivity index (χ1n) is 5.92. The van der Waals surface area contributed by atoms with Crippen LogP contribution in [0.4, 0.5) is 10.1 Å². The number of carbonyl (C=O) groups excluding carboxylic acids is 1. The van der Waals surface area contributed by atoms with Crippen molar-refractivity contribution in [3.8, 4) is 0 Å². The number of anilines is 1. The van der Waals surface area contributed by atoms with Crippen LogP contribution in [0.25, 0.3) is 0 Å². The molecular weight excluding hydrogens is 301 g/mol. The second kappa shape index (κ2) is 5.80. The standard InChI is InChI=1S/C13H15BrFNO2/c1-8-5-10(14)11(15)6-12(8)16-13(17)9-3-2-4-18-7-9/h5-6,9H,2-4,7H2,1H3,(H,16,17). The van der Waals surface area contributed by atoms with Crippen molar-refractivity contribution in [1.82, 2.24) is 0 Å². The minimum atomic E-state index is -0.379. The fourth-order valence-electron chi connectivity index (χ4n) is 1.96. The molecule has 1 unspecified atom stereocenters. The molecule has 0 saturated carbocycles. The van der Waals surface area contributed by atoms with Gasteiger partial charge in [0.1, 0.15) is 5.82 Å². The lowest BCUT2D eigenvalue weighted by molar-refractivity contribution is -0.123. The van der Waals surface area contributed by atoms with Crippen LogP contribution in [-0.4, -0.2) is 19.1 Å². The van der Waals surface area contributed by atoms with Crippen LogP contribution in [-0.2, 0) is 9.53 Å². The zero-order valence-electron chi connectivity index (χ0n) is 10.1. The second-order valence-electron chi connectivity index (χ2n) is 4.48. The van der Waals surface area contributed by atoms with E-state index >= 15 is 0 Å². The Labute approximate surface area is 114 Å². The number of carbonyl (C=O) groups is 1. The second-order valence-corrected chi connectivity index (χ2v) is 5.34. The minimum Gasteiger partial charge on any atom is -0.381 e. The summed E-state index contributed by atoms with van der Waals surface area (Å²) < 4.78 is 19.1. The van der Waals surface area contributed by atoms with Gasteiger partial charge in [0.15, 0.2) is 0 Å². The smallest absolute Gasteiger partial charge is 0.229 e. The fraction of sp³-hybridized carbons (Fsp3) is 0.462. The van der Waals surface area contributed by atoms with Crippen LogP contribution in [0.3, 0.4) is 0 Å². The SMILES string of the molecule is Cc1cc(Br)c(F)cc1NC(=O)C1CCCOC1. The molecule has 0 aliphatic carbocycles. The average Bonchev–Trinajstić information content (AvgIpc) is 2.37. The highest BCUT2D eigenvalue weighted by molar-refractivity contribution is 9.10. The number of rotatable bonds is 2. The van der Waals surface area contributed by atoms with E-state index in [9.17, 15) is 9.18 Å². The van der Waals surface area contributed by atoms with Crippen LogP contribution in [0.2, 0.25) is 0 Å². The molecule has 98 valence electrons. The molecule has 1 saturated heterocycles. The van der Waals surface area contributed by atoms with Gasteiger partial charge in [0, 0.05) is 12.3 Å². The molecule has 1 N–H and O–H groups in total. The summed E-state index contributed by atoms with van der Waals surface area (Å²) in [4.78, 5) is 12.0. The van der Waals surface area contributed by atoms with Crippen molar-refractivity contribution >= 4 is 27.5 Å². The van der Waals surface area contributed by atoms with E-state index < -0.39 is 0 Å². The third kappa shape index (κ3) is 3.09. The zero-order valence-corrected chi connectivity index (χ0v) is 11.7. The van der Waals surface area contributed by atoms with Gasteiger partial charge in [0.2, 0.25) is 5.91 Å². The van der Waals surface area contributed by atoms with Crippen LogP contribution in [0.5, 0.6) is 0 Å². The summed E-state index contributed by atoms with van der Waals surface area (Å²) >= 11 is 3.12. The quantitative estimate of drug-likeness (QED) is 0.909. The molecule has 1 aliphatic rings. The van der Waals surface area contributed by atoms with Crippen LogP contribution in [0.15, 0.2) is 16.6 Å². The molecule has 5 heteroatoms. The first kappa shape index (κ1) is 13.5. The van der Waals surface area contributed by atoms with Gasteiger partial charge in [-0.05, 0) is 53.4 Å². The van der Waals surface area contributed by atoms with Gasteiger partial charge in [-0.3, -0.25) is 4.79 Å². The normalized spacial score (nSPS) is 19.6. The van der Waals surface area contributed by atoms with Gasteiger partial charge in [-0.2, -0.15) is 0 Å². The van der Waals surface area contributed by atoms with E-state index in [4.69, 9.17) is 4.74 Å². The van der Waals surface area contributed by atoms with Crippen molar-refractivity contribution in [2.24, 2.45) is 5.92 Å². The Bertz CT molecular complexity index is 459. The van der Waals surface area contributed by atoms with Gasteiger partial charge in [-0.1, -0.05) is 0 Å². The Kier molecular flexibility index (Phi) is 4.35. The van der Waals surface area contributed by atoms with E-state index in [1.165, 1.54) is 6.07 Å². The molecule has 0 radical (unpaired) electrons. The molecule has 1 heterocycles. The highest BCUT2D eigenvalue weighted by Gasteiger charge is 2.22. The summed E-state index contributed by atoms with van der Waals surface area (Å²) in [6.45, 7) is 3.00. The maximum absolute atomic E-state index is 13.4. The lowest BCUT2D eigenvalue weighted by Gasteiger charge is -2.21. The van der Waals surface area contributed by atoms with Gasteiger partial charge in [0.25, 0.3) is 0 Å². The molecule has 18 heavy (non-hydrogen) atoms. The van der Waals surface area contributed by atoms with Crippen LogP contribution < -0.4 is 5.32 Å². The largest absolute Gasteiger partial charge is 0.381 e. The van der Waals surface area contributed by atoms with Gasteiger partial charge in [0.05, 0.1) is 17.0 Å². The van der Waals surface area contributed by atoms with Crippen molar-refractivity contribution in [1.29, 1.82) is 0 Å². The predicted molar refractivity (Wildman–Crippen MR) is 71.0 cm³/mol. The monoisotopic (exact) mass is 315 g/mol. The molecule has 0 bridgehead atoms. The van der Waals surface area contributed by atoms with Gasteiger partial charge in [-0.15, -0.1) is 0 Å². The number of nitrogens with one attached hydrogen (secondary N) is 1. The summed E-state index contributed by atoms with van der Waals surface area (Å²) in [5.41, 5.74) is 1.35. The Hall–Kier alpha value is -0.940. The van der Waals surface area contributed by atoms with Crippen molar-refractivity contribution in [2.75, 3.05) is 18.5 Å². The Balaban J connectivity index is 2.08. The first-order valence-corrected chi connectivity index (χ1v) is 6.71. The molecular formula is C13H15BrFNO2. The zero-order chi connectivity index (χ0) is 13.1. The highest BCUT2D eigenvalue weighted by atomic mass is 79.9. The van der Waals surface area contributed by atoms with Crippen LogP contribution in [0, 0.1) is 18.7 Å². The number of amides is 1. The highest BCUT2D eigenvalue weighted by Crippen LogP contribution is 2.25. The molecule has 0 aromatic heterocycles. The third-order valence-electron chi connectivity index (χ3n) is 3.06. The van der Waals surface area contributed by atoms with Gasteiger partial charge < -0.3 is 10.1 Å². The molecule has 2 rings (SSSR count). The summed E-state index contributed by atoms with van der Waals surface area (Å²) in [6, 6.07) is 2.99. The molecule has 1 amide bonds. The summed E-state index contributed by atoms with van der Waals surface area (Å²) in [6.07, 6.45) is 1.72. The van der Waals surface area contributed by atoms with Crippen molar-refractivity contribution < 1.29 is 13.9 Å². The molecule has 0 spiro atoms. The summed E-state index contributed by atoms with van der Waals surface area (Å²) in [5.74, 6) is -0.611. The van der Waals surface area contributed by atoms with Crippen molar-refractivity contribution in [3.63, 3.8) is 0 Å². The lowest BCUT2D eigenvalue weighted by Crippen LogP contribution is -2.30. The number of hydrogen-bond donors (Lipinski definition) is 1. The Morgan fingerprint density at radius 3 is 3.00 bits per heavy atom. The van der Waals surface area contributed by atoms with Crippen molar-refractivity contribution in [3.05, 3.63) is 28.0 Å². The molecule has 1 aromatic carbocycles. The van der Waals surface area contributed by atoms with E-state index in [1.807, 2.05) is 6.92 Å². The Morgan fingerprint density at radius 1 is 1.56 bits per heavy atom. The maximum atomic E-state index is 13.4. The summed E-state index contributed by atoms with van der Waals surface area (Å²) in [5, 5.41) is 2.77. The fourth-order valence-corrected chi connectivity index (χ4v) is 2.42. The number of benzene rings is 1. The first-order chi connectivity index (χ1) is 8.58. The number of ether oxygens (including phenoxy) is 1. The predicted octanol–water partition coefficient (Wildman–Crippen LogP) is 3.26. The van der Waals surface area contributed by atoms with E-state index in [0.717, 1.165) is 25.0 Å². The van der Waals surface area contributed by atoms with E-state index in [0.29, 0.717) is 16.8 Å². The van der Waals surface area contributed by atoms with Crippen LogP contribution in [0.1, 0.15) is 18.4 Å². The summed E-state index contributed by atoms with van der Waals surface area (Å²) in [7, 11) is 0. The molecule has 1 aromatic rings. The van der Waals surface area contributed by atoms with E-state index in [-0.39, 0.29) is 17.6 Å². The number of hydrogen-bond acceptors (Lipinski definition) is 2. The topological polar surface area (TPSA) is 38.3 Å². The number of aryl methyl sites for hydroxylation is 1. The molecule has 1 aliphatic heterocycles. The molecule has 3 nitrogen and oxygen atoms in total. The van der Waals surface area contributed by atoms with E-state index in [1.54, 1.807) is 6.07 Å². The van der Waals surface area contributed by atoms with Gasteiger partial charge >= 0.3 is 0 Å². The van der Waals surface area contributed by atoms with Crippen LogP contribution >= 0.6 is 15.9 Å². The molecule has 1 atom stereocenters. The van der Waals surface area contributed by atoms with Gasteiger partial charge in [-0.25, -0.2) is 4.39 Å². The maximum Gasteiger partial charge on any atom is 0.229 e. The lowest BCUT2D eigenvalue weighted by atomic mass is 10.0. The third-order valence-corrected chi connectivity index (χ3v) is 3.66. The molecule has 1 fully saturated rings. The van der Waals surface area contributed by atoms with Crippen molar-refractivity contribution in [2.45, 2.75) is 19.8 Å². The minimum absolute atomic E-state index is 0.0977. The van der Waals surface area contributed by atoms with E-state index in [2.05, 4.69) is 21.2 Å². The number of halogens is 2.